The average Bonchev–Trinajstić information content (AvgIpc) is 3.08. The first kappa shape index (κ1) is 20.0. The lowest BCUT2D eigenvalue weighted by Crippen LogP contribution is -2.51. The van der Waals surface area contributed by atoms with Crippen LogP contribution in [0.4, 0.5) is 0 Å². The summed E-state index contributed by atoms with van der Waals surface area (Å²) >= 11 is 0. The van der Waals surface area contributed by atoms with Gasteiger partial charge in [0.1, 0.15) is 0 Å². The number of carbonyl (C=O) groups is 1. The van der Waals surface area contributed by atoms with Crippen molar-refractivity contribution in [3.8, 4) is 0 Å². The topological polar surface area (TPSA) is 60.0 Å². The van der Waals surface area contributed by atoms with E-state index in [0.29, 0.717) is 11.8 Å². The molecule has 1 saturated carbocycles. The van der Waals surface area contributed by atoms with E-state index in [1.165, 1.54) is 12.8 Å². The van der Waals surface area contributed by atoms with Gasteiger partial charge in [-0.15, -0.1) is 0 Å². The summed E-state index contributed by atoms with van der Waals surface area (Å²) in [4.78, 5) is 21.7. The van der Waals surface area contributed by atoms with Crippen LogP contribution in [0.25, 0.3) is 0 Å². The summed E-state index contributed by atoms with van der Waals surface area (Å²) in [5, 5.41) is 6.71. The molecule has 0 spiro atoms. The molecule has 0 radical (unpaired) electrons. The van der Waals surface area contributed by atoms with Crippen LogP contribution in [0.5, 0.6) is 0 Å². The number of hydrogen-bond donors (Lipinski definition) is 2. The smallest absolute Gasteiger partial charge is 0.225 e. The number of nitrogens with one attached hydrogen (secondary N) is 2. The van der Waals surface area contributed by atoms with E-state index in [4.69, 9.17) is 0 Å². The van der Waals surface area contributed by atoms with Crippen LogP contribution in [-0.2, 0) is 4.79 Å². The van der Waals surface area contributed by atoms with Crippen LogP contribution in [0.2, 0.25) is 0 Å². The maximum Gasteiger partial charge on any atom is 0.225 e. The molecule has 0 bridgehead atoms. The lowest BCUT2D eigenvalue weighted by molar-refractivity contribution is -0.137. The second kappa shape index (κ2) is 9.41. The van der Waals surface area contributed by atoms with Crippen molar-refractivity contribution in [3.05, 3.63) is 0 Å². The van der Waals surface area contributed by atoms with Crippen LogP contribution >= 0.6 is 0 Å². The quantitative estimate of drug-likeness (QED) is 0.584. The highest BCUT2D eigenvalue weighted by atomic mass is 16.2. The third kappa shape index (κ3) is 6.84. The predicted octanol–water partition coefficient (Wildman–Crippen LogP) is 1.67. The van der Waals surface area contributed by atoms with Crippen molar-refractivity contribution >= 4 is 11.9 Å². The van der Waals surface area contributed by atoms with Crippen LogP contribution in [0.15, 0.2) is 4.99 Å². The van der Waals surface area contributed by atoms with Crippen molar-refractivity contribution in [1.29, 1.82) is 0 Å². The predicted molar refractivity (Wildman–Crippen MR) is 104 cm³/mol. The molecule has 2 rings (SSSR count). The summed E-state index contributed by atoms with van der Waals surface area (Å²) < 4.78 is 0. The first-order valence-corrected chi connectivity index (χ1v) is 9.96. The van der Waals surface area contributed by atoms with Gasteiger partial charge in [-0.1, -0.05) is 12.8 Å². The second-order valence-electron chi connectivity index (χ2n) is 8.28. The molecule has 0 aromatic carbocycles. The zero-order valence-electron chi connectivity index (χ0n) is 16.6. The molecule has 1 aliphatic carbocycles. The molecule has 25 heavy (non-hydrogen) atoms. The molecule has 1 heterocycles. The minimum Gasteiger partial charge on any atom is -0.357 e. The summed E-state index contributed by atoms with van der Waals surface area (Å²) in [6.07, 6.45) is 4.65. The molecule has 1 saturated heterocycles. The Kier molecular flexibility index (Phi) is 7.54. The first-order valence-electron chi connectivity index (χ1n) is 9.96. The van der Waals surface area contributed by atoms with Gasteiger partial charge in [-0.05, 0) is 40.5 Å². The zero-order chi connectivity index (χ0) is 18.3. The summed E-state index contributed by atoms with van der Waals surface area (Å²) in [7, 11) is 0. The summed E-state index contributed by atoms with van der Waals surface area (Å²) in [6.45, 7) is 14.8. The van der Waals surface area contributed by atoms with Gasteiger partial charge in [-0.2, -0.15) is 0 Å². The molecule has 2 fully saturated rings. The van der Waals surface area contributed by atoms with E-state index < -0.39 is 0 Å². The number of rotatable bonds is 5. The normalized spacial score (nSPS) is 20.8. The number of hydrogen-bond acceptors (Lipinski definition) is 3. The molecular weight excluding hydrogens is 314 g/mol. The third-order valence-electron chi connectivity index (χ3n) is 4.91. The fourth-order valence-electron chi connectivity index (χ4n) is 3.59. The van der Waals surface area contributed by atoms with Gasteiger partial charge < -0.3 is 15.5 Å². The van der Waals surface area contributed by atoms with Crippen molar-refractivity contribution in [2.24, 2.45) is 10.9 Å². The lowest BCUT2D eigenvalue weighted by Gasteiger charge is -2.35. The van der Waals surface area contributed by atoms with Crippen molar-refractivity contribution in [3.63, 3.8) is 0 Å². The minimum absolute atomic E-state index is 0.00717. The Morgan fingerprint density at radius 3 is 2.32 bits per heavy atom. The van der Waals surface area contributed by atoms with E-state index in [2.05, 4.69) is 53.1 Å². The molecular formula is C19H37N5O. The van der Waals surface area contributed by atoms with Crippen LogP contribution in [0.1, 0.15) is 53.4 Å². The van der Waals surface area contributed by atoms with Crippen LogP contribution in [0, 0.1) is 5.92 Å². The summed E-state index contributed by atoms with van der Waals surface area (Å²) in [6, 6.07) is 0. The fraction of sp³-hybridized carbons (Fsp3) is 0.895. The standard InChI is InChI=1S/C19H37N5O/c1-5-20-18(22-19(2,3)4)21-10-11-23-12-14-24(15-13-23)17(25)16-8-6-7-9-16/h16H,5-15H2,1-4H3,(H2,20,21,22). The number of piperazine rings is 1. The Balaban J connectivity index is 1.72. The van der Waals surface area contributed by atoms with E-state index in [-0.39, 0.29) is 5.54 Å². The number of guanidine groups is 1. The van der Waals surface area contributed by atoms with Gasteiger partial charge in [0.05, 0.1) is 6.54 Å². The van der Waals surface area contributed by atoms with Gasteiger partial charge in [0.15, 0.2) is 5.96 Å². The Morgan fingerprint density at radius 1 is 1.12 bits per heavy atom. The van der Waals surface area contributed by atoms with Gasteiger partial charge in [0.25, 0.3) is 0 Å². The van der Waals surface area contributed by atoms with Crippen molar-refractivity contribution in [1.82, 2.24) is 20.4 Å². The van der Waals surface area contributed by atoms with Crippen LogP contribution in [-0.4, -0.2) is 73.0 Å². The molecule has 2 N–H and O–H groups in total. The van der Waals surface area contributed by atoms with Crippen molar-refractivity contribution < 1.29 is 4.79 Å². The molecule has 0 unspecified atom stereocenters. The van der Waals surface area contributed by atoms with E-state index in [1.54, 1.807) is 0 Å². The third-order valence-corrected chi connectivity index (χ3v) is 4.91. The van der Waals surface area contributed by atoms with E-state index >= 15 is 0 Å². The molecule has 6 heteroatoms. The van der Waals surface area contributed by atoms with E-state index in [0.717, 1.165) is 64.6 Å². The first-order chi connectivity index (χ1) is 11.9. The Labute approximate surface area is 153 Å². The van der Waals surface area contributed by atoms with Gasteiger partial charge in [0, 0.05) is 50.7 Å². The molecule has 0 atom stereocenters. The van der Waals surface area contributed by atoms with Gasteiger partial charge >= 0.3 is 0 Å². The molecule has 1 aliphatic heterocycles. The van der Waals surface area contributed by atoms with E-state index in [1.807, 2.05) is 0 Å². The largest absolute Gasteiger partial charge is 0.357 e. The molecule has 2 aliphatic rings. The number of aliphatic imine (C=N–C) groups is 1. The summed E-state index contributed by atoms with van der Waals surface area (Å²) in [5.74, 6) is 1.59. The van der Waals surface area contributed by atoms with Gasteiger partial charge in [-0.25, -0.2) is 0 Å². The van der Waals surface area contributed by atoms with Gasteiger partial charge in [-0.3, -0.25) is 14.7 Å². The maximum absolute atomic E-state index is 12.5. The average molecular weight is 352 g/mol. The Morgan fingerprint density at radius 2 is 1.76 bits per heavy atom. The Hall–Kier alpha value is -1.30. The number of carbonyl (C=O) groups excluding carboxylic acids is 1. The monoisotopic (exact) mass is 351 g/mol. The SMILES string of the molecule is CCNC(=NCCN1CCN(C(=O)C2CCCC2)CC1)NC(C)(C)C. The molecule has 144 valence electrons. The maximum atomic E-state index is 12.5. The number of amides is 1. The highest BCUT2D eigenvalue weighted by molar-refractivity contribution is 5.80. The molecule has 1 amide bonds. The molecule has 0 aromatic heterocycles. The summed E-state index contributed by atoms with van der Waals surface area (Å²) in [5.41, 5.74) is 0.00717. The Bertz CT molecular complexity index is 443. The van der Waals surface area contributed by atoms with E-state index in [9.17, 15) is 4.79 Å². The van der Waals surface area contributed by atoms with Crippen LogP contribution < -0.4 is 10.6 Å². The van der Waals surface area contributed by atoms with Crippen molar-refractivity contribution in [2.75, 3.05) is 45.8 Å². The van der Waals surface area contributed by atoms with Crippen LogP contribution in [0.3, 0.4) is 0 Å². The fourth-order valence-corrected chi connectivity index (χ4v) is 3.59. The molecule has 0 aromatic rings. The highest BCUT2D eigenvalue weighted by Gasteiger charge is 2.29. The van der Waals surface area contributed by atoms with Crippen molar-refractivity contribution in [2.45, 2.75) is 58.9 Å². The molecule has 6 nitrogen and oxygen atoms in total. The number of nitrogens with zero attached hydrogens (tertiary/aromatic N) is 3. The van der Waals surface area contributed by atoms with Gasteiger partial charge in [0.2, 0.25) is 5.91 Å². The highest BCUT2D eigenvalue weighted by Crippen LogP contribution is 2.26. The second-order valence-corrected chi connectivity index (χ2v) is 8.28. The minimum atomic E-state index is 0.00717. The zero-order valence-corrected chi connectivity index (χ0v) is 16.6. The lowest BCUT2D eigenvalue weighted by atomic mass is 10.1.